The molecule has 2 amide bonds. The molecule has 0 radical (unpaired) electrons. The Morgan fingerprint density at radius 2 is 1.14 bits per heavy atom. The quantitative estimate of drug-likeness (QED) is 0.0371. The van der Waals surface area contributed by atoms with Gasteiger partial charge < -0.3 is 48.1 Å². The maximum absolute atomic E-state index is 12.4. The van der Waals surface area contributed by atoms with E-state index in [4.69, 9.17) is 16.2 Å². The standard InChI is InChI=1S/C30H66N8O3S2/c1-42-43-25-13-29(39)37-22-6-2-3-7-23-38-30(40)27-41-28(26-36-21-11-19-34-17-9-5-15-32)12-24-35-20-10-18-33-16-8-4-14-31/h28,33-36H,2-27,31-32H2,1H3,(H,37,39)(H,38,40). The van der Waals surface area contributed by atoms with Crippen molar-refractivity contribution < 1.29 is 14.3 Å². The van der Waals surface area contributed by atoms with Gasteiger partial charge in [-0.2, -0.15) is 0 Å². The summed E-state index contributed by atoms with van der Waals surface area (Å²) >= 11 is 0. The van der Waals surface area contributed by atoms with Crippen molar-refractivity contribution in [2.45, 2.75) is 83.2 Å². The van der Waals surface area contributed by atoms with Crippen molar-refractivity contribution in [2.75, 3.05) is 97.2 Å². The predicted octanol–water partition coefficient (Wildman–Crippen LogP) is 1.57. The molecule has 11 nitrogen and oxygen atoms in total. The third-order valence-electron chi connectivity index (χ3n) is 6.77. The highest BCUT2D eigenvalue weighted by Gasteiger charge is 2.11. The number of carbonyl (C=O) groups is 2. The third-order valence-corrected chi connectivity index (χ3v) is 8.59. The molecule has 0 aromatic heterocycles. The molecule has 0 aromatic rings. The van der Waals surface area contributed by atoms with Gasteiger partial charge in [-0.25, -0.2) is 0 Å². The van der Waals surface area contributed by atoms with Crippen LogP contribution < -0.4 is 43.4 Å². The lowest BCUT2D eigenvalue weighted by Gasteiger charge is -2.19. The van der Waals surface area contributed by atoms with Crippen LogP contribution in [0.15, 0.2) is 0 Å². The molecule has 0 aliphatic carbocycles. The Morgan fingerprint density at radius 1 is 0.628 bits per heavy atom. The molecule has 256 valence electrons. The Labute approximate surface area is 270 Å². The van der Waals surface area contributed by atoms with Gasteiger partial charge >= 0.3 is 0 Å². The first-order valence-corrected chi connectivity index (χ1v) is 19.4. The maximum atomic E-state index is 12.4. The highest BCUT2D eigenvalue weighted by atomic mass is 33.1. The van der Waals surface area contributed by atoms with Gasteiger partial charge in [-0.1, -0.05) is 34.4 Å². The van der Waals surface area contributed by atoms with E-state index in [9.17, 15) is 9.59 Å². The van der Waals surface area contributed by atoms with Crippen molar-refractivity contribution in [1.82, 2.24) is 31.9 Å². The summed E-state index contributed by atoms with van der Waals surface area (Å²) in [6.07, 6.45) is 13.9. The summed E-state index contributed by atoms with van der Waals surface area (Å²) in [5.74, 6) is 0.925. The van der Waals surface area contributed by atoms with Gasteiger partial charge in [0.25, 0.3) is 0 Å². The van der Waals surface area contributed by atoms with Gasteiger partial charge in [0.15, 0.2) is 0 Å². The van der Waals surface area contributed by atoms with Crippen LogP contribution in [0.2, 0.25) is 0 Å². The predicted molar refractivity (Wildman–Crippen MR) is 187 cm³/mol. The van der Waals surface area contributed by atoms with E-state index in [1.807, 2.05) is 6.26 Å². The van der Waals surface area contributed by atoms with Crippen LogP contribution in [0.5, 0.6) is 0 Å². The summed E-state index contributed by atoms with van der Waals surface area (Å²) in [6.45, 7) is 10.5. The Bertz CT molecular complexity index is 612. The van der Waals surface area contributed by atoms with E-state index >= 15 is 0 Å². The number of unbranched alkanes of at least 4 members (excludes halogenated alkanes) is 5. The molecule has 0 bridgehead atoms. The minimum atomic E-state index is -0.0595. The van der Waals surface area contributed by atoms with Crippen LogP contribution in [0, 0.1) is 0 Å². The van der Waals surface area contributed by atoms with E-state index in [0.717, 1.165) is 148 Å². The van der Waals surface area contributed by atoms with Crippen LogP contribution in [-0.4, -0.2) is 115 Å². The number of nitrogens with two attached hydrogens (primary N) is 2. The fourth-order valence-electron chi connectivity index (χ4n) is 4.22. The van der Waals surface area contributed by atoms with Gasteiger partial charge in [-0.15, -0.1) is 0 Å². The highest BCUT2D eigenvalue weighted by molar-refractivity contribution is 8.76. The lowest BCUT2D eigenvalue weighted by molar-refractivity contribution is -0.127. The van der Waals surface area contributed by atoms with Crippen LogP contribution in [-0.2, 0) is 14.3 Å². The number of carbonyl (C=O) groups excluding carboxylic acids is 2. The zero-order valence-electron chi connectivity index (χ0n) is 27.2. The SMILES string of the molecule is CSSCCC(=O)NCCCCCCNC(=O)COC(CCNCCCNCCCCN)CNCCCNCCCCN. The van der Waals surface area contributed by atoms with Crippen molar-refractivity contribution >= 4 is 33.4 Å². The Kier molecular flexibility index (Phi) is 35.3. The van der Waals surface area contributed by atoms with Crippen molar-refractivity contribution in [3.8, 4) is 0 Å². The molecule has 0 fully saturated rings. The number of hydrogen-bond donors (Lipinski definition) is 8. The van der Waals surface area contributed by atoms with Crippen LogP contribution in [0.25, 0.3) is 0 Å². The van der Waals surface area contributed by atoms with Crippen molar-refractivity contribution in [2.24, 2.45) is 11.5 Å². The molecule has 1 atom stereocenters. The average molecular weight is 651 g/mol. The summed E-state index contributed by atoms with van der Waals surface area (Å²) in [6, 6.07) is 0. The van der Waals surface area contributed by atoms with Gasteiger partial charge in [0.1, 0.15) is 6.61 Å². The van der Waals surface area contributed by atoms with E-state index in [1.54, 1.807) is 21.6 Å². The third kappa shape index (κ3) is 34.1. The van der Waals surface area contributed by atoms with Gasteiger partial charge in [-0.05, 0) is 123 Å². The molecular formula is C30H66N8O3S2. The number of hydrogen-bond acceptors (Lipinski definition) is 11. The summed E-state index contributed by atoms with van der Waals surface area (Å²) in [5.41, 5.74) is 11.1. The monoisotopic (exact) mass is 650 g/mol. The first-order chi connectivity index (χ1) is 21.1. The largest absolute Gasteiger partial charge is 0.367 e. The van der Waals surface area contributed by atoms with Crippen molar-refractivity contribution in [3.63, 3.8) is 0 Å². The molecule has 0 aliphatic rings. The number of ether oxygens (including phenoxy) is 1. The van der Waals surface area contributed by atoms with E-state index in [0.29, 0.717) is 13.0 Å². The van der Waals surface area contributed by atoms with Crippen LogP contribution in [0.4, 0.5) is 0 Å². The minimum Gasteiger partial charge on any atom is -0.367 e. The molecule has 0 spiro atoms. The molecule has 13 heteroatoms. The normalized spacial score (nSPS) is 12.0. The maximum Gasteiger partial charge on any atom is 0.246 e. The van der Waals surface area contributed by atoms with Gasteiger partial charge in [-0.3, -0.25) is 9.59 Å². The van der Waals surface area contributed by atoms with Crippen LogP contribution in [0.3, 0.4) is 0 Å². The number of rotatable bonds is 35. The Balaban J connectivity index is 4.04. The summed E-state index contributed by atoms with van der Waals surface area (Å²) in [7, 11) is 3.40. The highest BCUT2D eigenvalue weighted by Crippen LogP contribution is 2.17. The number of amides is 2. The molecule has 0 rings (SSSR count). The van der Waals surface area contributed by atoms with E-state index in [-0.39, 0.29) is 24.5 Å². The fraction of sp³-hybridized carbons (Fsp3) is 0.933. The molecule has 10 N–H and O–H groups in total. The average Bonchev–Trinajstić information content (AvgIpc) is 3.00. The molecule has 0 aromatic carbocycles. The van der Waals surface area contributed by atoms with Crippen molar-refractivity contribution in [3.05, 3.63) is 0 Å². The van der Waals surface area contributed by atoms with E-state index < -0.39 is 0 Å². The van der Waals surface area contributed by atoms with E-state index in [2.05, 4.69) is 31.9 Å². The second-order valence-electron chi connectivity index (χ2n) is 10.7. The second kappa shape index (κ2) is 35.8. The lowest BCUT2D eigenvalue weighted by atomic mass is 10.2. The zero-order valence-corrected chi connectivity index (χ0v) is 28.8. The van der Waals surface area contributed by atoms with Gasteiger partial charge in [0.05, 0.1) is 6.10 Å². The zero-order chi connectivity index (χ0) is 31.5. The first-order valence-electron chi connectivity index (χ1n) is 16.7. The molecule has 0 heterocycles. The molecule has 43 heavy (non-hydrogen) atoms. The summed E-state index contributed by atoms with van der Waals surface area (Å²) in [5, 5.41) is 19.9. The summed E-state index contributed by atoms with van der Waals surface area (Å²) < 4.78 is 6.02. The Morgan fingerprint density at radius 3 is 1.72 bits per heavy atom. The molecule has 1 unspecified atom stereocenters. The van der Waals surface area contributed by atoms with Crippen LogP contribution in [0.1, 0.15) is 77.0 Å². The molecular weight excluding hydrogens is 585 g/mol. The minimum absolute atomic E-state index is 0.0142. The van der Waals surface area contributed by atoms with Gasteiger partial charge in [0.2, 0.25) is 11.8 Å². The second-order valence-corrected chi connectivity index (χ2v) is 13.4. The number of nitrogens with one attached hydrogen (secondary N) is 6. The molecule has 0 saturated heterocycles. The molecule has 0 aliphatic heterocycles. The smallest absolute Gasteiger partial charge is 0.246 e. The van der Waals surface area contributed by atoms with Gasteiger partial charge in [0, 0.05) is 31.8 Å². The molecule has 0 saturated carbocycles. The van der Waals surface area contributed by atoms with Crippen molar-refractivity contribution in [1.29, 1.82) is 0 Å². The van der Waals surface area contributed by atoms with Crippen LogP contribution >= 0.6 is 21.6 Å². The van der Waals surface area contributed by atoms with E-state index in [1.165, 1.54) is 0 Å². The topological polar surface area (TPSA) is 168 Å². The Hall–Kier alpha value is -0.640. The summed E-state index contributed by atoms with van der Waals surface area (Å²) in [4.78, 5) is 24.1. The fourth-order valence-corrected chi connectivity index (χ4v) is 5.41. The lowest BCUT2D eigenvalue weighted by Crippen LogP contribution is -2.37. The first kappa shape index (κ1) is 42.4.